The van der Waals surface area contributed by atoms with Crippen molar-refractivity contribution in [2.45, 2.75) is 4.90 Å². The molecule has 2 heterocycles. The SMILES string of the molecule is CSc1ccc(/C=C2\SC(=O)N(CCNC(=O)c3cccnc3N(C)C)C2=O)cc1. The normalized spacial score (nSPS) is 15.0. The van der Waals surface area contributed by atoms with Crippen molar-refractivity contribution in [2.24, 2.45) is 0 Å². The lowest BCUT2D eigenvalue weighted by Crippen LogP contribution is -2.37. The molecule has 3 amide bonds. The Balaban J connectivity index is 1.61. The Hall–Kier alpha value is -2.78. The first kappa shape index (κ1) is 21.9. The van der Waals surface area contributed by atoms with Crippen molar-refractivity contribution in [3.63, 3.8) is 0 Å². The quantitative estimate of drug-likeness (QED) is 0.520. The zero-order chi connectivity index (χ0) is 21.7. The van der Waals surface area contributed by atoms with Crippen molar-refractivity contribution in [3.8, 4) is 0 Å². The van der Waals surface area contributed by atoms with Gasteiger partial charge in [0.1, 0.15) is 5.82 Å². The van der Waals surface area contributed by atoms with Crippen molar-refractivity contribution in [1.82, 2.24) is 15.2 Å². The number of anilines is 1. The molecule has 0 bridgehead atoms. The number of hydrogen-bond donors (Lipinski definition) is 1. The lowest BCUT2D eigenvalue weighted by molar-refractivity contribution is -0.122. The first-order valence-electron chi connectivity index (χ1n) is 9.20. The Bertz CT molecular complexity index is 990. The molecule has 0 unspecified atom stereocenters. The van der Waals surface area contributed by atoms with Crippen LogP contribution in [0.1, 0.15) is 15.9 Å². The molecule has 1 saturated heterocycles. The topological polar surface area (TPSA) is 82.6 Å². The molecule has 1 aliphatic heterocycles. The van der Waals surface area contributed by atoms with Crippen LogP contribution < -0.4 is 10.2 Å². The molecule has 1 aliphatic rings. The summed E-state index contributed by atoms with van der Waals surface area (Å²) in [5.74, 6) is -0.0941. The van der Waals surface area contributed by atoms with Gasteiger partial charge in [-0.1, -0.05) is 12.1 Å². The molecular formula is C21H22N4O3S2. The van der Waals surface area contributed by atoms with Crippen LogP contribution >= 0.6 is 23.5 Å². The number of thioether (sulfide) groups is 2. The van der Waals surface area contributed by atoms with Gasteiger partial charge in [-0.05, 0) is 53.9 Å². The Kier molecular flexibility index (Phi) is 7.17. The predicted molar refractivity (Wildman–Crippen MR) is 122 cm³/mol. The molecule has 2 aromatic rings. The molecule has 0 spiro atoms. The molecule has 30 heavy (non-hydrogen) atoms. The standard InChI is InChI=1S/C21H22N4O3S2/c1-24(2)18-16(5-4-10-22-18)19(26)23-11-12-25-20(27)17(30-21(25)28)13-14-6-8-15(29-3)9-7-14/h4-10,13H,11-12H2,1-3H3,(H,23,26)/b17-13-. The van der Waals surface area contributed by atoms with Crippen molar-refractivity contribution in [2.75, 3.05) is 38.3 Å². The van der Waals surface area contributed by atoms with Crippen LogP contribution in [0.5, 0.6) is 0 Å². The van der Waals surface area contributed by atoms with Gasteiger partial charge in [0.05, 0.1) is 10.5 Å². The minimum Gasteiger partial charge on any atom is -0.362 e. The molecule has 0 saturated carbocycles. The van der Waals surface area contributed by atoms with Crippen LogP contribution in [-0.2, 0) is 4.79 Å². The van der Waals surface area contributed by atoms with E-state index in [1.165, 1.54) is 0 Å². The van der Waals surface area contributed by atoms with Gasteiger partial charge in [0, 0.05) is 38.3 Å². The molecule has 1 N–H and O–H groups in total. The maximum Gasteiger partial charge on any atom is 0.293 e. The molecule has 156 valence electrons. The molecule has 1 aromatic carbocycles. The van der Waals surface area contributed by atoms with Gasteiger partial charge in [-0.25, -0.2) is 4.98 Å². The van der Waals surface area contributed by atoms with Crippen LogP contribution in [0.25, 0.3) is 6.08 Å². The van der Waals surface area contributed by atoms with E-state index >= 15 is 0 Å². The van der Waals surface area contributed by atoms with Crippen LogP contribution in [0.15, 0.2) is 52.4 Å². The maximum absolute atomic E-state index is 12.6. The van der Waals surface area contributed by atoms with Crippen LogP contribution in [0.3, 0.4) is 0 Å². The Labute approximate surface area is 183 Å². The summed E-state index contributed by atoms with van der Waals surface area (Å²) in [5.41, 5.74) is 1.30. The highest BCUT2D eigenvalue weighted by molar-refractivity contribution is 8.18. The molecule has 0 atom stereocenters. The monoisotopic (exact) mass is 442 g/mol. The fourth-order valence-electron chi connectivity index (χ4n) is 2.85. The van der Waals surface area contributed by atoms with E-state index in [2.05, 4.69) is 10.3 Å². The molecule has 0 radical (unpaired) electrons. The van der Waals surface area contributed by atoms with E-state index in [9.17, 15) is 14.4 Å². The van der Waals surface area contributed by atoms with E-state index in [4.69, 9.17) is 0 Å². The second kappa shape index (κ2) is 9.82. The van der Waals surface area contributed by atoms with E-state index in [1.807, 2.05) is 30.5 Å². The van der Waals surface area contributed by atoms with Gasteiger partial charge in [-0.3, -0.25) is 19.3 Å². The lowest BCUT2D eigenvalue weighted by atomic mass is 10.2. The average Bonchev–Trinajstić information content (AvgIpc) is 3.01. The minimum absolute atomic E-state index is 0.108. The number of pyridine rings is 1. The van der Waals surface area contributed by atoms with E-state index in [0.29, 0.717) is 16.3 Å². The number of aromatic nitrogens is 1. The molecule has 9 heteroatoms. The molecule has 3 rings (SSSR count). The number of rotatable bonds is 7. The van der Waals surface area contributed by atoms with Gasteiger partial charge in [0.15, 0.2) is 0 Å². The third-order valence-electron chi connectivity index (χ3n) is 4.36. The summed E-state index contributed by atoms with van der Waals surface area (Å²) in [4.78, 5) is 46.0. The van der Waals surface area contributed by atoms with Crippen LogP contribution in [-0.4, -0.2) is 60.4 Å². The Morgan fingerprint density at radius 1 is 1.23 bits per heavy atom. The van der Waals surface area contributed by atoms with Gasteiger partial charge in [0.25, 0.3) is 17.1 Å². The number of amides is 3. The minimum atomic E-state index is -0.344. The maximum atomic E-state index is 12.6. The number of hydrogen-bond acceptors (Lipinski definition) is 7. The second-order valence-corrected chi connectivity index (χ2v) is 8.50. The summed E-state index contributed by atoms with van der Waals surface area (Å²) in [7, 11) is 3.61. The molecular weight excluding hydrogens is 420 g/mol. The fraction of sp³-hybridized carbons (Fsp3) is 0.238. The highest BCUT2D eigenvalue weighted by Gasteiger charge is 2.34. The molecule has 0 aliphatic carbocycles. The zero-order valence-corrected chi connectivity index (χ0v) is 18.5. The van der Waals surface area contributed by atoms with Crippen LogP contribution in [0.4, 0.5) is 10.6 Å². The van der Waals surface area contributed by atoms with Crippen molar-refractivity contribution < 1.29 is 14.4 Å². The Morgan fingerprint density at radius 3 is 2.63 bits per heavy atom. The molecule has 7 nitrogen and oxygen atoms in total. The number of imide groups is 1. The average molecular weight is 443 g/mol. The third-order valence-corrected chi connectivity index (χ3v) is 6.01. The smallest absolute Gasteiger partial charge is 0.293 e. The molecule has 1 fully saturated rings. The highest BCUT2D eigenvalue weighted by Crippen LogP contribution is 2.32. The van der Waals surface area contributed by atoms with Crippen molar-refractivity contribution in [3.05, 3.63) is 58.6 Å². The molecule has 1 aromatic heterocycles. The third kappa shape index (κ3) is 5.03. The summed E-state index contributed by atoms with van der Waals surface area (Å²) >= 11 is 2.55. The number of nitrogens with zero attached hydrogens (tertiary/aromatic N) is 3. The number of carbonyl (C=O) groups excluding carboxylic acids is 3. The fourth-order valence-corrected chi connectivity index (χ4v) is 4.12. The zero-order valence-electron chi connectivity index (χ0n) is 16.9. The van der Waals surface area contributed by atoms with Crippen LogP contribution in [0.2, 0.25) is 0 Å². The summed E-state index contributed by atoms with van der Waals surface area (Å²) in [6.07, 6.45) is 5.33. The Morgan fingerprint density at radius 2 is 1.97 bits per heavy atom. The van der Waals surface area contributed by atoms with Crippen LogP contribution in [0, 0.1) is 0 Å². The van der Waals surface area contributed by atoms with E-state index in [-0.39, 0.29) is 30.1 Å². The summed E-state index contributed by atoms with van der Waals surface area (Å²) in [5, 5.41) is 2.42. The summed E-state index contributed by atoms with van der Waals surface area (Å²) in [6, 6.07) is 11.1. The summed E-state index contributed by atoms with van der Waals surface area (Å²) in [6.45, 7) is 0.269. The van der Waals surface area contributed by atoms with Gasteiger partial charge in [-0.15, -0.1) is 11.8 Å². The summed E-state index contributed by atoms with van der Waals surface area (Å²) < 4.78 is 0. The van der Waals surface area contributed by atoms with Gasteiger partial charge >= 0.3 is 0 Å². The van der Waals surface area contributed by atoms with E-state index < -0.39 is 0 Å². The first-order valence-corrected chi connectivity index (χ1v) is 11.2. The number of nitrogens with one attached hydrogen (secondary N) is 1. The lowest BCUT2D eigenvalue weighted by Gasteiger charge is -2.16. The van der Waals surface area contributed by atoms with E-state index in [1.54, 1.807) is 55.2 Å². The predicted octanol–water partition coefficient (Wildman–Crippen LogP) is 3.34. The van der Waals surface area contributed by atoms with Crippen molar-refractivity contribution >= 4 is 52.5 Å². The second-order valence-electron chi connectivity index (χ2n) is 6.63. The largest absolute Gasteiger partial charge is 0.362 e. The van der Waals surface area contributed by atoms with Crippen molar-refractivity contribution in [1.29, 1.82) is 0 Å². The first-order chi connectivity index (χ1) is 14.4. The number of benzene rings is 1. The highest BCUT2D eigenvalue weighted by atomic mass is 32.2. The van der Waals surface area contributed by atoms with E-state index in [0.717, 1.165) is 27.1 Å². The van der Waals surface area contributed by atoms with Gasteiger partial charge in [0.2, 0.25) is 0 Å². The van der Waals surface area contributed by atoms with Gasteiger partial charge in [-0.2, -0.15) is 0 Å². The number of carbonyl (C=O) groups is 3. The van der Waals surface area contributed by atoms with Gasteiger partial charge < -0.3 is 10.2 Å².